The third-order valence-corrected chi connectivity index (χ3v) is 4.64. The van der Waals surface area contributed by atoms with Crippen LogP contribution in [-0.2, 0) is 0 Å². The molecule has 0 aliphatic carbocycles. The van der Waals surface area contributed by atoms with Crippen molar-refractivity contribution in [2.45, 2.75) is 64.8 Å². The van der Waals surface area contributed by atoms with Crippen molar-refractivity contribution < 1.29 is 4.79 Å². The van der Waals surface area contributed by atoms with Gasteiger partial charge < -0.3 is 10.6 Å². The molecule has 130 valence electrons. The maximum absolute atomic E-state index is 12.3. The molecule has 0 saturated carbocycles. The van der Waals surface area contributed by atoms with Crippen molar-refractivity contribution in [2.75, 3.05) is 19.6 Å². The zero-order valence-electron chi connectivity index (χ0n) is 14.6. The second-order valence-corrected chi connectivity index (χ2v) is 6.57. The Morgan fingerprint density at radius 2 is 2.13 bits per heavy atom. The molecule has 6 nitrogen and oxygen atoms in total. The first kappa shape index (κ1) is 17.9. The van der Waals surface area contributed by atoms with Crippen molar-refractivity contribution in [3.63, 3.8) is 0 Å². The highest BCUT2D eigenvalue weighted by Crippen LogP contribution is 2.17. The Hall–Kier alpha value is -1.43. The second-order valence-electron chi connectivity index (χ2n) is 6.57. The predicted octanol–water partition coefficient (Wildman–Crippen LogP) is 2.54. The Bertz CT molecular complexity index is 467. The van der Waals surface area contributed by atoms with Crippen LogP contribution in [0.2, 0.25) is 0 Å². The van der Waals surface area contributed by atoms with Crippen LogP contribution in [0.15, 0.2) is 6.20 Å². The molecule has 2 rings (SSSR count). The fourth-order valence-electron chi connectivity index (χ4n) is 3.21. The molecular weight excluding hydrogens is 290 g/mol. The average molecular weight is 321 g/mol. The Morgan fingerprint density at radius 1 is 1.35 bits per heavy atom. The summed E-state index contributed by atoms with van der Waals surface area (Å²) in [5, 5.41) is 14.6. The molecule has 1 aliphatic rings. The topological polar surface area (TPSA) is 71.8 Å². The van der Waals surface area contributed by atoms with Gasteiger partial charge in [0.1, 0.15) is 0 Å². The summed E-state index contributed by atoms with van der Waals surface area (Å²) in [4.78, 5) is 12.3. The summed E-state index contributed by atoms with van der Waals surface area (Å²) in [6.07, 6.45) is 9.84. The van der Waals surface area contributed by atoms with Crippen LogP contribution in [0.4, 0.5) is 0 Å². The summed E-state index contributed by atoms with van der Waals surface area (Å²) in [5.74, 6) is 0.478. The lowest BCUT2D eigenvalue weighted by Crippen LogP contribution is -2.30. The molecule has 1 saturated heterocycles. The van der Waals surface area contributed by atoms with Gasteiger partial charge in [0.15, 0.2) is 5.69 Å². The SMILES string of the molecule is CCCCC(CCC)CNC(=O)c1cn(C2CCNCC2)nn1. The summed E-state index contributed by atoms with van der Waals surface area (Å²) in [6.45, 7) is 7.16. The van der Waals surface area contributed by atoms with E-state index in [4.69, 9.17) is 0 Å². The highest BCUT2D eigenvalue weighted by molar-refractivity contribution is 5.91. The normalized spacial score (nSPS) is 17.1. The summed E-state index contributed by atoms with van der Waals surface area (Å²) in [7, 11) is 0. The first-order chi connectivity index (χ1) is 11.2. The van der Waals surface area contributed by atoms with Gasteiger partial charge in [0.25, 0.3) is 5.91 Å². The second kappa shape index (κ2) is 9.65. The molecule has 1 fully saturated rings. The van der Waals surface area contributed by atoms with Crippen molar-refractivity contribution in [3.8, 4) is 0 Å². The number of nitrogens with zero attached hydrogens (tertiary/aromatic N) is 3. The van der Waals surface area contributed by atoms with Crippen LogP contribution in [0.3, 0.4) is 0 Å². The van der Waals surface area contributed by atoms with E-state index >= 15 is 0 Å². The number of nitrogens with one attached hydrogen (secondary N) is 2. The van der Waals surface area contributed by atoms with Crippen LogP contribution in [0.1, 0.15) is 75.3 Å². The predicted molar refractivity (Wildman–Crippen MR) is 91.4 cm³/mol. The van der Waals surface area contributed by atoms with Gasteiger partial charge in [-0.1, -0.05) is 38.3 Å². The Morgan fingerprint density at radius 3 is 2.83 bits per heavy atom. The number of rotatable bonds is 9. The zero-order chi connectivity index (χ0) is 16.5. The number of aromatic nitrogens is 3. The molecule has 23 heavy (non-hydrogen) atoms. The first-order valence-corrected chi connectivity index (χ1v) is 9.15. The van der Waals surface area contributed by atoms with E-state index in [9.17, 15) is 4.79 Å². The van der Waals surface area contributed by atoms with Gasteiger partial charge in [-0.3, -0.25) is 4.79 Å². The minimum atomic E-state index is -0.0946. The molecule has 1 aromatic heterocycles. The number of hydrogen-bond donors (Lipinski definition) is 2. The number of piperidine rings is 1. The summed E-state index contributed by atoms with van der Waals surface area (Å²) in [6, 6.07) is 0.364. The maximum atomic E-state index is 12.3. The van der Waals surface area contributed by atoms with Crippen LogP contribution < -0.4 is 10.6 Å². The lowest BCUT2D eigenvalue weighted by molar-refractivity contribution is 0.0940. The molecule has 2 heterocycles. The highest BCUT2D eigenvalue weighted by atomic mass is 16.2. The molecule has 2 N–H and O–H groups in total. The Labute approximate surface area is 139 Å². The van der Waals surface area contributed by atoms with Gasteiger partial charge in [0, 0.05) is 6.54 Å². The van der Waals surface area contributed by atoms with Crippen LogP contribution in [0, 0.1) is 5.92 Å². The van der Waals surface area contributed by atoms with E-state index in [-0.39, 0.29) is 5.91 Å². The fraction of sp³-hybridized carbons (Fsp3) is 0.824. The number of hydrogen-bond acceptors (Lipinski definition) is 4. The van der Waals surface area contributed by atoms with Crippen LogP contribution in [-0.4, -0.2) is 40.5 Å². The van der Waals surface area contributed by atoms with E-state index in [1.807, 2.05) is 4.68 Å². The molecule has 0 bridgehead atoms. The molecular formula is C17H31N5O. The van der Waals surface area contributed by atoms with Crippen molar-refractivity contribution >= 4 is 5.91 Å². The summed E-state index contributed by atoms with van der Waals surface area (Å²) in [5.41, 5.74) is 0.439. The molecule has 1 aliphatic heterocycles. The first-order valence-electron chi connectivity index (χ1n) is 9.15. The summed E-state index contributed by atoms with van der Waals surface area (Å²) >= 11 is 0. The molecule has 1 atom stereocenters. The van der Waals surface area contributed by atoms with Crippen LogP contribution in [0.5, 0.6) is 0 Å². The summed E-state index contributed by atoms with van der Waals surface area (Å²) < 4.78 is 1.86. The van der Waals surface area contributed by atoms with Gasteiger partial charge in [0.05, 0.1) is 12.2 Å². The van der Waals surface area contributed by atoms with Gasteiger partial charge in [-0.2, -0.15) is 0 Å². The molecule has 1 aromatic rings. The zero-order valence-corrected chi connectivity index (χ0v) is 14.6. The van der Waals surface area contributed by atoms with E-state index in [1.165, 1.54) is 25.7 Å². The average Bonchev–Trinajstić information content (AvgIpc) is 3.08. The largest absolute Gasteiger partial charge is 0.350 e. The van der Waals surface area contributed by atoms with Crippen molar-refractivity contribution in [2.24, 2.45) is 5.92 Å². The van der Waals surface area contributed by atoms with Gasteiger partial charge in [0.2, 0.25) is 0 Å². The number of carbonyl (C=O) groups is 1. The Balaban J connectivity index is 1.83. The minimum absolute atomic E-state index is 0.0946. The third kappa shape index (κ3) is 5.61. The lowest BCUT2D eigenvalue weighted by atomic mass is 9.97. The monoisotopic (exact) mass is 321 g/mol. The minimum Gasteiger partial charge on any atom is -0.350 e. The number of carbonyl (C=O) groups excluding carboxylic acids is 1. The molecule has 0 aromatic carbocycles. The standard InChI is InChI=1S/C17H31N5O/c1-3-5-7-14(6-4-2)12-19-17(23)16-13-22(21-20-16)15-8-10-18-11-9-15/h13-15,18H,3-12H2,1-2H3,(H,19,23). The van der Waals surface area contributed by atoms with Crippen LogP contribution >= 0.6 is 0 Å². The van der Waals surface area contributed by atoms with E-state index < -0.39 is 0 Å². The van der Waals surface area contributed by atoms with E-state index in [0.29, 0.717) is 17.7 Å². The molecule has 6 heteroatoms. The van der Waals surface area contributed by atoms with Crippen molar-refractivity contribution in [3.05, 3.63) is 11.9 Å². The highest BCUT2D eigenvalue weighted by Gasteiger charge is 2.19. The maximum Gasteiger partial charge on any atom is 0.273 e. The van der Waals surface area contributed by atoms with Crippen LogP contribution in [0.25, 0.3) is 0 Å². The molecule has 0 spiro atoms. The quantitative estimate of drug-likeness (QED) is 0.733. The molecule has 0 radical (unpaired) electrons. The van der Waals surface area contributed by atoms with E-state index in [2.05, 4.69) is 34.8 Å². The van der Waals surface area contributed by atoms with Gasteiger partial charge in [-0.25, -0.2) is 4.68 Å². The van der Waals surface area contributed by atoms with E-state index in [0.717, 1.165) is 38.9 Å². The Kier molecular flexibility index (Phi) is 7.52. The van der Waals surface area contributed by atoms with Crippen molar-refractivity contribution in [1.82, 2.24) is 25.6 Å². The third-order valence-electron chi connectivity index (χ3n) is 4.64. The lowest BCUT2D eigenvalue weighted by Gasteiger charge is -2.22. The van der Waals surface area contributed by atoms with Gasteiger partial charge >= 0.3 is 0 Å². The van der Waals surface area contributed by atoms with E-state index in [1.54, 1.807) is 6.20 Å². The fourth-order valence-corrected chi connectivity index (χ4v) is 3.21. The smallest absolute Gasteiger partial charge is 0.273 e. The van der Waals surface area contributed by atoms with Crippen molar-refractivity contribution in [1.29, 1.82) is 0 Å². The van der Waals surface area contributed by atoms with Gasteiger partial charge in [-0.05, 0) is 44.7 Å². The molecule has 1 unspecified atom stereocenters. The number of amides is 1. The number of unbranched alkanes of at least 4 members (excludes halogenated alkanes) is 1. The van der Waals surface area contributed by atoms with Gasteiger partial charge in [-0.15, -0.1) is 5.10 Å². The molecule has 1 amide bonds.